The molecule has 0 amide bonds. The number of furan rings is 1. The minimum atomic E-state index is -0.998. The monoisotopic (exact) mass is 378 g/mol. The fourth-order valence-electron chi connectivity index (χ4n) is 3.87. The van der Waals surface area contributed by atoms with Crippen molar-refractivity contribution in [3.63, 3.8) is 0 Å². The quantitative estimate of drug-likeness (QED) is 0.578. The summed E-state index contributed by atoms with van der Waals surface area (Å²) in [6.45, 7) is 2.26. The standard InChI is InChI=1S/C21H34N2O4/c1-2-3-4-5-6-7-8-9-10-17-13-16-14-23(21(25)22-20(16)27-17)19-12-11-18(15-24)26-19/h13-14,18-19,21,24-25H,2-12,15H2,1H3. The van der Waals surface area contributed by atoms with Crippen LogP contribution in [-0.2, 0) is 11.2 Å². The Balaban J connectivity index is 1.48. The lowest BCUT2D eigenvalue weighted by Crippen LogP contribution is -2.45. The van der Waals surface area contributed by atoms with Gasteiger partial charge < -0.3 is 24.3 Å². The smallest absolute Gasteiger partial charge is 0.230 e. The molecule has 0 aromatic carbocycles. The largest absolute Gasteiger partial charge is 0.443 e. The molecule has 1 fully saturated rings. The Hall–Kier alpha value is -1.37. The molecule has 0 spiro atoms. The van der Waals surface area contributed by atoms with E-state index in [1.165, 1.54) is 44.9 Å². The summed E-state index contributed by atoms with van der Waals surface area (Å²) in [6.07, 6.45) is 13.3. The fraction of sp³-hybridized carbons (Fsp3) is 0.762. The maximum Gasteiger partial charge on any atom is 0.230 e. The first-order valence-corrected chi connectivity index (χ1v) is 10.6. The lowest BCUT2D eigenvalue weighted by atomic mass is 10.1. The Morgan fingerprint density at radius 1 is 1.11 bits per heavy atom. The summed E-state index contributed by atoms with van der Waals surface area (Å²) in [6, 6.07) is 2.03. The topological polar surface area (TPSA) is 78.4 Å². The number of aliphatic hydroxyl groups excluding tert-OH is 2. The SMILES string of the molecule is CCCCCCCCCCc1cc2c(o1)=NC(O)N(C1CCC(CO)O1)C=2. The molecule has 3 unspecified atom stereocenters. The zero-order valence-electron chi connectivity index (χ0n) is 16.5. The second-order valence-corrected chi connectivity index (χ2v) is 7.72. The van der Waals surface area contributed by atoms with Gasteiger partial charge in [0, 0.05) is 12.6 Å². The molecular weight excluding hydrogens is 344 g/mol. The fourth-order valence-corrected chi connectivity index (χ4v) is 3.87. The first-order valence-electron chi connectivity index (χ1n) is 10.6. The van der Waals surface area contributed by atoms with E-state index in [2.05, 4.69) is 11.9 Å². The van der Waals surface area contributed by atoms with Crippen LogP contribution in [0.25, 0.3) is 6.20 Å². The molecule has 152 valence electrons. The van der Waals surface area contributed by atoms with Crippen LogP contribution < -0.4 is 10.8 Å². The van der Waals surface area contributed by atoms with E-state index in [1.807, 2.05) is 12.3 Å². The van der Waals surface area contributed by atoms with Crippen LogP contribution in [-0.4, -0.2) is 40.4 Å². The van der Waals surface area contributed by atoms with Crippen LogP contribution in [0.2, 0.25) is 0 Å². The summed E-state index contributed by atoms with van der Waals surface area (Å²) < 4.78 is 11.6. The van der Waals surface area contributed by atoms with Crippen molar-refractivity contribution in [2.45, 2.75) is 96.2 Å². The molecule has 1 saturated heterocycles. The van der Waals surface area contributed by atoms with Gasteiger partial charge in [-0.25, -0.2) is 0 Å². The number of unbranched alkanes of at least 4 members (excludes halogenated alkanes) is 7. The van der Waals surface area contributed by atoms with E-state index in [4.69, 9.17) is 9.15 Å². The molecule has 27 heavy (non-hydrogen) atoms. The van der Waals surface area contributed by atoms with Gasteiger partial charge in [0.15, 0.2) is 0 Å². The van der Waals surface area contributed by atoms with Crippen LogP contribution in [0.3, 0.4) is 0 Å². The third kappa shape index (κ3) is 5.56. The van der Waals surface area contributed by atoms with E-state index < -0.39 is 6.35 Å². The molecule has 1 aromatic heterocycles. The van der Waals surface area contributed by atoms with Gasteiger partial charge in [0.05, 0.1) is 17.9 Å². The average molecular weight is 379 g/mol. The van der Waals surface area contributed by atoms with Gasteiger partial charge in [-0.05, 0) is 25.3 Å². The normalized spacial score (nSPS) is 24.6. The molecule has 3 atom stereocenters. The average Bonchev–Trinajstić information content (AvgIpc) is 3.29. The lowest BCUT2D eigenvalue weighted by Gasteiger charge is -2.30. The highest BCUT2D eigenvalue weighted by molar-refractivity contribution is 5.24. The second-order valence-electron chi connectivity index (χ2n) is 7.72. The summed E-state index contributed by atoms with van der Waals surface area (Å²) in [4.78, 5) is 5.99. The minimum absolute atomic E-state index is 0.0112. The molecule has 0 bridgehead atoms. The van der Waals surface area contributed by atoms with Gasteiger partial charge in [-0.3, -0.25) is 0 Å². The summed E-state index contributed by atoms with van der Waals surface area (Å²) in [5.74, 6) is 0.931. The van der Waals surface area contributed by atoms with Crippen LogP contribution in [0.4, 0.5) is 0 Å². The Bertz CT molecular complexity index is 687. The molecule has 2 N–H and O–H groups in total. The maximum atomic E-state index is 10.3. The minimum Gasteiger partial charge on any atom is -0.443 e. The zero-order valence-corrected chi connectivity index (χ0v) is 16.5. The number of rotatable bonds is 11. The van der Waals surface area contributed by atoms with E-state index >= 15 is 0 Å². The molecule has 6 nitrogen and oxygen atoms in total. The van der Waals surface area contributed by atoms with Crippen molar-refractivity contribution in [3.05, 3.63) is 22.6 Å². The number of fused-ring (bicyclic) bond motifs is 1. The number of aliphatic hydroxyl groups is 2. The Morgan fingerprint density at radius 2 is 1.85 bits per heavy atom. The first-order chi connectivity index (χ1) is 13.2. The molecule has 2 aliphatic heterocycles. The Labute approximate surface area is 161 Å². The first kappa shape index (κ1) is 20.4. The molecular formula is C21H34N2O4. The summed E-state index contributed by atoms with van der Waals surface area (Å²) in [5, 5.41) is 20.4. The van der Waals surface area contributed by atoms with Crippen molar-refractivity contribution in [1.82, 2.24) is 4.90 Å². The van der Waals surface area contributed by atoms with Gasteiger partial charge in [0.1, 0.15) is 12.0 Å². The summed E-state index contributed by atoms with van der Waals surface area (Å²) in [5.41, 5.74) is 0.505. The second kappa shape index (κ2) is 10.2. The van der Waals surface area contributed by atoms with E-state index in [9.17, 15) is 10.2 Å². The summed E-state index contributed by atoms with van der Waals surface area (Å²) in [7, 11) is 0. The van der Waals surface area contributed by atoms with Crippen molar-refractivity contribution in [1.29, 1.82) is 0 Å². The summed E-state index contributed by atoms with van der Waals surface area (Å²) >= 11 is 0. The third-order valence-corrected chi connectivity index (χ3v) is 5.48. The molecule has 1 aromatic rings. The van der Waals surface area contributed by atoms with Crippen molar-refractivity contribution in [2.24, 2.45) is 4.99 Å². The van der Waals surface area contributed by atoms with E-state index in [1.54, 1.807) is 4.90 Å². The van der Waals surface area contributed by atoms with Gasteiger partial charge >= 0.3 is 0 Å². The molecule has 2 aliphatic rings. The van der Waals surface area contributed by atoms with Crippen LogP contribution >= 0.6 is 0 Å². The van der Waals surface area contributed by atoms with Crippen LogP contribution in [0.15, 0.2) is 15.5 Å². The van der Waals surface area contributed by atoms with Gasteiger partial charge in [-0.15, -0.1) is 0 Å². The van der Waals surface area contributed by atoms with Gasteiger partial charge in [-0.2, -0.15) is 4.99 Å². The van der Waals surface area contributed by atoms with Crippen LogP contribution in [0, 0.1) is 0 Å². The van der Waals surface area contributed by atoms with Crippen molar-refractivity contribution >= 4 is 6.20 Å². The van der Waals surface area contributed by atoms with Crippen molar-refractivity contribution < 1.29 is 19.4 Å². The predicted molar refractivity (Wildman–Crippen MR) is 103 cm³/mol. The van der Waals surface area contributed by atoms with Crippen LogP contribution in [0.1, 0.15) is 76.9 Å². The van der Waals surface area contributed by atoms with Crippen molar-refractivity contribution in [2.75, 3.05) is 6.61 Å². The maximum absolute atomic E-state index is 10.3. The highest BCUT2D eigenvalue weighted by Gasteiger charge is 2.32. The van der Waals surface area contributed by atoms with Crippen molar-refractivity contribution in [3.8, 4) is 0 Å². The zero-order chi connectivity index (χ0) is 19.1. The number of hydrogen-bond donors (Lipinski definition) is 2. The molecule has 6 heteroatoms. The van der Waals surface area contributed by atoms with E-state index in [0.717, 1.165) is 36.7 Å². The van der Waals surface area contributed by atoms with E-state index in [-0.39, 0.29) is 18.9 Å². The predicted octanol–water partition coefficient (Wildman–Crippen LogP) is 2.41. The third-order valence-electron chi connectivity index (χ3n) is 5.48. The molecule has 0 saturated carbocycles. The van der Waals surface area contributed by atoms with Gasteiger partial charge in [-0.1, -0.05) is 51.9 Å². The molecule has 0 aliphatic carbocycles. The van der Waals surface area contributed by atoms with Gasteiger partial charge in [0.25, 0.3) is 0 Å². The highest BCUT2D eigenvalue weighted by Crippen LogP contribution is 2.24. The number of hydrogen-bond acceptors (Lipinski definition) is 6. The van der Waals surface area contributed by atoms with E-state index in [0.29, 0.717) is 5.55 Å². The molecule has 0 radical (unpaired) electrons. The number of nitrogens with zero attached hydrogens (tertiary/aromatic N) is 2. The molecule has 3 rings (SSSR count). The number of ether oxygens (including phenoxy) is 1. The molecule has 3 heterocycles. The lowest BCUT2D eigenvalue weighted by molar-refractivity contribution is -0.0983. The number of aryl methyl sites for hydroxylation is 1. The van der Waals surface area contributed by atoms with Gasteiger partial charge in [0.2, 0.25) is 11.9 Å². The Morgan fingerprint density at radius 3 is 2.56 bits per heavy atom. The highest BCUT2D eigenvalue weighted by atomic mass is 16.5. The Kier molecular flexibility index (Phi) is 7.73. The van der Waals surface area contributed by atoms with Crippen LogP contribution in [0.5, 0.6) is 0 Å².